The van der Waals surface area contributed by atoms with Crippen LogP contribution in [0, 0.1) is 0 Å². The molecule has 0 radical (unpaired) electrons. The molecule has 1 rings (SSSR count). The zero-order valence-corrected chi connectivity index (χ0v) is 9.59. The molecule has 2 nitrogen and oxygen atoms in total. The van der Waals surface area contributed by atoms with E-state index in [0.29, 0.717) is 5.78 Å². The molecule has 0 aromatic rings. The molecule has 82 valence electrons. The van der Waals surface area contributed by atoms with Crippen molar-refractivity contribution in [1.29, 1.82) is 0 Å². The number of carbonyl (C=O) groups is 1. The van der Waals surface area contributed by atoms with Crippen molar-refractivity contribution in [3.05, 3.63) is 0 Å². The Morgan fingerprint density at radius 3 is 2.71 bits per heavy atom. The zero-order valence-electron chi connectivity index (χ0n) is 9.59. The van der Waals surface area contributed by atoms with Crippen LogP contribution in [0.15, 0.2) is 0 Å². The van der Waals surface area contributed by atoms with E-state index >= 15 is 0 Å². The highest BCUT2D eigenvalue weighted by atomic mass is 16.1. The Kier molecular flexibility index (Phi) is 5.16. The van der Waals surface area contributed by atoms with Crippen LogP contribution < -0.4 is 0 Å². The molecule has 1 aliphatic rings. The minimum atomic E-state index is 0.250. The summed E-state index contributed by atoms with van der Waals surface area (Å²) in [5.41, 5.74) is 0. The van der Waals surface area contributed by atoms with Crippen LogP contribution in [0.3, 0.4) is 0 Å². The Bertz CT molecular complexity index is 179. The molecule has 14 heavy (non-hydrogen) atoms. The molecule has 1 unspecified atom stereocenters. The quantitative estimate of drug-likeness (QED) is 0.675. The fourth-order valence-electron chi connectivity index (χ4n) is 2.25. The van der Waals surface area contributed by atoms with E-state index in [-0.39, 0.29) is 6.04 Å². The second-order valence-corrected chi connectivity index (χ2v) is 4.21. The van der Waals surface area contributed by atoms with Crippen molar-refractivity contribution in [1.82, 2.24) is 4.90 Å². The molecule has 0 aliphatic heterocycles. The fraction of sp³-hybridized carbons (Fsp3) is 0.917. The van der Waals surface area contributed by atoms with Crippen LogP contribution >= 0.6 is 0 Å². The summed E-state index contributed by atoms with van der Waals surface area (Å²) >= 11 is 0. The molecular weight excluding hydrogens is 174 g/mol. The Labute approximate surface area is 87.7 Å². The molecule has 0 aromatic heterocycles. The van der Waals surface area contributed by atoms with Gasteiger partial charge in [0.15, 0.2) is 0 Å². The molecule has 0 aromatic carbocycles. The summed E-state index contributed by atoms with van der Waals surface area (Å²) in [6, 6.07) is 0.250. The number of carbonyl (C=O) groups excluding carboxylic acids is 1. The minimum absolute atomic E-state index is 0.250. The molecule has 1 fully saturated rings. The highest BCUT2D eigenvalue weighted by molar-refractivity contribution is 5.84. The number of hydrogen-bond acceptors (Lipinski definition) is 2. The van der Waals surface area contributed by atoms with Crippen molar-refractivity contribution in [3.63, 3.8) is 0 Å². The maximum absolute atomic E-state index is 11.7. The highest BCUT2D eigenvalue weighted by Gasteiger charge is 2.26. The molecule has 0 amide bonds. The average Bonchev–Trinajstić information content (AvgIpc) is 2.21. The summed E-state index contributed by atoms with van der Waals surface area (Å²) in [6.07, 6.45) is 6.69. The summed E-state index contributed by atoms with van der Waals surface area (Å²) in [6.45, 7) is 6.49. The van der Waals surface area contributed by atoms with E-state index in [4.69, 9.17) is 0 Å². The second-order valence-electron chi connectivity index (χ2n) is 4.21. The van der Waals surface area contributed by atoms with Crippen LogP contribution in [-0.2, 0) is 4.79 Å². The number of likely N-dealkylation sites (N-methyl/N-ethyl adjacent to an activating group) is 1. The third-order valence-electron chi connectivity index (χ3n) is 3.17. The lowest BCUT2D eigenvalue weighted by atomic mass is 9.92. The van der Waals surface area contributed by atoms with Crippen molar-refractivity contribution in [2.75, 3.05) is 13.1 Å². The highest BCUT2D eigenvalue weighted by Crippen LogP contribution is 2.19. The van der Waals surface area contributed by atoms with Crippen molar-refractivity contribution < 1.29 is 4.79 Å². The van der Waals surface area contributed by atoms with Gasteiger partial charge in [0.25, 0.3) is 0 Å². The molecule has 1 atom stereocenters. The van der Waals surface area contributed by atoms with E-state index in [9.17, 15) is 4.79 Å². The fourth-order valence-corrected chi connectivity index (χ4v) is 2.25. The van der Waals surface area contributed by atoms with Gasteiger partial charge >= 0.3 is 0 Å². The van der Waals surface area contributed by atoms with Gasteiger partial charge in [-0.2, -0.15) is 0 Å². The van der Waals surface area contributed by atoms with Crippen LogP contribution in [-0.4, -0.2) is 29.8 Å². The van der Waals surface area contributed by atoms with Crippen molar-refractivity contribution >= 4 is 5.78 Å². The maximum atomic E-state index is 11.7. The summed E-state index contributed by atoms with van der Waals surface area (Å²) in [5, 5.41) is 0. The molecule has 0 bridgehead atoms. The Morgan fingerprint density at radius 1 is 1.36 bits per heavy atom. The van der Waals surface area contributed by atoms with Gasteiger partial charge in [0.2, 0.25) is 0 Å². The predicted molar refractivity (Wildman–Crippen MR) is 59.4 cm³/mol. The Morgan fingerprint density at radius 2 is 2.14 bits per heavy atom. The maximum Gasteiger partial charge on any atom is 0.149 e. The molecule has 0 saturated heterocycles. The monoisotopic (exact) mass is 197 g/mol. The summed E-state index contributed by atoms with van der Waals surface area (Å²) in [7, 11) is 0. The molecular formula is C12H23NO. The van der Waals surface area contributed by atoms with Gasteiger partial charge in [0.05, 0.1) is 6.04 Å². The number of ketones is 1. The molecule has 0 spiro atoms. The van der Waals surface area contributed by atoms with Gasteiger partial charge in [0, 0.05) is 6.42 Å². The minimum Gasteiger partial charge on any atom is -0.298 e. The predicted octanol–water partition coefficient (Wildman–Crippen LogP) is 2.62. The molecule has 0 N–H and O–H groups in total. The van der Waals surface area contributed by atoms with E-state index in [1.54, 1.807) is 0 Å². The number of hydrogen-bond donors (Lipinski definition) is 0. The first-order chi connectivity index (χ1) is 6.79. The smallest absolute Gasteiger partial charge is 0.149 e. The molecule has 2 heteroatoms. The third-order valence-corrected chi connectivity index (χ3v) is 3.17. The number of unbranched alkanes of at least 4 members (excludes halogenated alkanes) is 1. The van der Waals surface area contributed by atoms with Crippen LogP contribution in [0.5, 0.6) is 0 Å². The number of nitrogens with zero attached hydrogens (tertiary/aromatic N) is 1. The van der Waals surface area contributed by atoms with Gasteiger partial charge in [-0.15, -0.1) is 0 Å². The second kappa shape index (κ2) is 6.18. The Balaban J connectivity index is 2.44. The lowest BCUT2D eigenvalue weighted by Crippen LogP contribution is -2.43. The van der Waals surface area contributed by atoms with Crippen LogP contribution in [0.2, 0.25) is 0 Å². The summed E-state index contributed by atoms with van der Waals surface area (Å²) in [5.74, 6) is 0.481. The summed E-state index contributed by atoms with van der Waals surface area (Å²) < 4.78 is 0. The van der Waals surface area contributed by atoms with Gasteiger partial charge in [-0.05, 0) is 32.4 Å². The normalized spacial score (nSPS) is 23.1. The van der Waals surface area contributed by atoms with Gasteiger partial charge in [-0.25, -0.2) is 0 Å². The van der Waals surface area contributed by atoms with Crippen LogP contribution in [0.25, 0.3) is 0 Å². The first kappa shape index (κ1) is 11.7. The SMILES string of the molecule is CCCCN(CC)C1CCCCC1=O. The summed E-state index contributed by atoms with van der Waals surface area (Å²) in [4.78, 5) is 14.1. The largest absolute Gasteiger partial charge is 0.298 e. The molecule has 1 saturated carbocycles. The van der Waals surface area contributed by atoms with Crippen LogP contribution in [0.4, 0.5) is 0 Å². The van der Waals surface area contributed by atoms with Gasteiger partial charge in [-0.1, -0.05) is 26.7 Å². The van der Waals surface area contributed by atoms with E-state index in [1.165, 1.54) is 19.3 Å². The lowest BCUT2D eigenvalue weighted by Gasteiger charge is -2.32. The van der Waals surface area contributed by atoms with Gasteiger partial charge in [0.1, 0.15) is 5.78 Å². The van der Waals surface area contributed by atoms with Gasteiger partial charge < -0.3 is 0 Å². The average molecular weight is 197 g/mol. The van der Waals surface area contributed by atoms with E-state index in [2.05, 4.69) is 18.7 Å². The first-order valence-electron chi connectivity index (χ1n) is 6.06. The van der Waals surface area contributed by atoms with E-state index in [1.807, 2.05) is 0 Å². The Hall–Kier alpha value is -0.370. The lowest BCUT2D eigenvalue weighted by molar-refractivity contribution is -0.126. The van der Waals surface area contributed by atoms with Crippen LogP contribution in [0.1, 0.15) is 52.4 Å². The van der Waals surface area contributed by atoms with Gasteiger partial charge in [-0.3, -0.25) is 9.69 Å². The van der Waals surface area contributed by atoms with E-state index < -0.39 is 0 Å². The van der Waals surface area contributed by atoms with Crippen molar-refractivity contribution in [3.8, 4) is 0 Å². The third kappa shape index (κ3) is 3.09. The number of rotatable bonds is 5. The standard InChI is InChI=1S/C12H23NO/c1-3-5-10-13(4-2)11-8-6-7-9-12(11)14/h11H,3-10H2,1-2H3. The molecule has 1 aliphatic carbocycles. The topological polar surface area (TPSA) is 20.3 Å². The zero-order chi connectivity index (χ0) is 10.4. The number of Topliss-reactive ketones (excluding diaryl/α,β-unsaturated/α-hetero) is 1. The molecule has 0 heterocycles. The van der Waals surface area contributed by atoms with Crippen molar-refractivity contribution in [2.24, 2.45) is 0 Å². The first-order valence-corrected chi connectivity index (χ1v) is 6.06. The van der Waals surface area contributed by atoms with Crippen molar-refractivity contribution in [2.45, 2.75) is 58.4 Å². The van der Waals surface area contributed by atoms with E-state index in [0.717, 1.165) is 32.4 Å².